The first-order valence-electron chi connectivity index (χ1n) is 9.87. The van der Waals surface area contributed by atoms with Crippen molar-refractivity contribution < 1.29 is 13.6 Å². The number of nitrogens with zero attached hydrogens (tertiary/aromatic N) is 8. The summed E-state index contributed by atoms with van der Waals surface area (Å²) in [7, 11) is 1.77. The molecule has 0 spiro atoms. The van der Waals surface area contributed by atoms with Crippen LogP contribution in [0.15, 0.2) is 47.5 Å². The molecule has 1 atom stereocenters. The van der Waals surface area contributed by atoms with Crippen molar-refractivity contribution in [2.24, 2.45) is 7.05 Å². The SMILES string of the molecule is Cn1cc(-c2nnc(C(=O)N3CCc4[nH]cnc4[C@@H]3c3cc4ccc(F)cn4n3)o2)cn1. The van der Waals surface area contributed by atoms with E-state index in [-0.39, 0.29) is 11.8 Å². The van der Waals surface area contributed by atoms with Crippen LogP contribution in [0.1, 0.15) is 33.8 Å². The van der Waals surface area contributed by atoms with Crippen molar-refractivity contribution in [2.45, 2.75) is 12.5 Å². The van der Waals surface area contributed by atoms with Gasteiger partial charge in [0, 0.05) is 31.9 Å². The molecule has 1 aliphatic heterocycles. The number of aromatic nitrogens is 8. The number of nitrogens with one attached hydrogen (secondary N) is 1. The van der Waals surface area contributed by atoms with Crippen LogP contribution in [0.3, 0.4) is 0 Å². The number of imidazole rings is 1. The summed E-state index contributed by atoms with van der Waals surface area (Å²) in [4.78, 5) is 22.6. The van der Waals surface area contributed by atoms with Gasteiger partial charge in [-0.25, -0.2) is 13.9 Å². The highest BCUT2D eigenvalue weighted by Gasteiger charge is 2.38. The third kappa shape index (κ3) is 2.87. The van der Waals surface area contributed by atoms with E-state index in [0.717, 1.165) is 5.69 Å². The Morgan fingerprint density at radius 1 is 1.28 bits per heavy atom. The van der Waals surface area contributed by atoms with Gasteiger partial charge in [-0.3, -0.25) is 9.48 Å². The van der Waals surface area contributed by atoms with Crippen LogP contribution in [0.4, 0.5) is 4.39 Å². The number of pyridine rings is 1. The zero-order valence-electron chi connectivity index (χ0n) is 16.8. The number of carbonyl (C=O) groups excluding carboxylic acids is 1. The van der Waals surface area contributed by atoms with Gasteiger partial charge in [-0.05, 0) is 18.2 Å². The van der Waals surface area contributed by atoms with E-state index in [1.165, 1.54) is 16.8 Å². The van der Waals surface area contributed by atoms with Crippen molar-refractivity contribution in [3.05, 3.63) is 71.9 Å². The summed E-state index contributed by atoms with van der Waals surface area (Å²) in [6.07, 6.45) is 6.77. The highest BCUT2D eigenvalue weighted by molar-refractivity contribution is 5.90. The minimum atomic E-state index is -0.589. The summed E-state index contributed by atoms with van der Waals surface area (Å²) < 4.78 is 22.4. The maximum Gasteiger partial charge on any atom is 0.312 e. The summed E-state index contributed by atoms with van der Waals surface area (Å²) >= 11 is 0. The number of aromatic amines is 1. The van der Waals surface area contributed by atoms with E-state index in [1.807, 2.05) is 6.07 Å². The lowest BCUT2D eigenvalue weighted by Gasteiger charge is -2.32. The molecule has 12 heteroatoms. The van der Waals surface area contributed by atoms with E-state index in [1.54, 1.807) is 41.4 Å². The van der Waals surface area contributed by atoms with Crippen LogP contribution in [0.5, 0.6) is 0 Å². The molecule has 0 aromatic carbocycles. The van der Waals surface area contributed by atoms with Gasteiger partial charge in [-0.2, -0.15) is 10.2 Å². The number of hydrogen-bond acceptors (Lipinski definition) is 7. The molecule has 0 aliphatic carbocycles. The van der Waals surface area contributed by atoms with E-state index >= 15 is 0 Å². The average molecular weight is 433 g/mol. The lowest BCUT2D eigenvalue weighted by atomic mass is 9.99. The Kier molecular flexibility index (Phi) is 3.93. The molecule has 0 bridgehead atoms. The highest BCUT2D eigenvalue weighted by Crippen LogP contribution is 2.34. The molecule has 1 N–H and O–H groups in total. The summed E-state index contributed by atoms with van der Waals surface area (Å²) in [5.74, 6) is -0.770. The van der Waals surface area contributed by atoms with E-state index in [9.17, 15) is 9.18 Å². The lowest BCUT2D eigenvalue weighted by molar-refractivity contribution is 0.0646. The number of aryl methyl sites for hydroxylation is 1. The maximum absolute atomic E-state index is 13.7. The van der Waals surface area contributed by atoms with Crippen LogP contribution in [-0.2, 0) is 13.5 Å². The molecule has 0 unspecified atom stereocenters. The van der Waals surface area contributed by atoms with Gasteiger partial charge in [-0.1, -0.05) is 0 Å². The number of fused-ring (bicyclic) bond motifs is 2. The van der Waals surface area contributed by atoms with E-state index in [4.69, 9.17) is 4.42 Å². The van der Waals surface area contributed by atoms with Gasteiger partial charge in [0.05, 0.1) is 41.2 Å². The second kappa shape index (κ2) is 6.83. The van der Waals surface area contributed by atoms with Gasteiger partial charge < -0.3 is 14.3 Å². The molecule has 11 nitrogen and oxygen atoms in total. The Balaban J connectivity index is 1.40. The summed E-state index contributed by atoms with van der Waals surface area (Å²) in [6.45, 7) is 0.394. The molecule has 0 saturated carbocycles. The molecule has 0 saturated heterocycles. The first kappa shape index (κ1) is 18.4. The van der Waals surface area contributed by atoms with E-state index < -0.39 is 17.8 Å². The third-order valence-electron chi connectivity index (χ3n) is 5.47. The average Bonchev–Trinajstić information content (AvgIpc) is 3.57. The topological polar surface area (TPSA) is 123 Å². The molecule has 6 rings (SSSR count). The fraction of sp³-hybridized carbons (Fsp3) is 0.200. The minimum Gasteiger partial charge on any atom is -0.412 e. The van der Waals surface area contributed by atoms with Crippen LogP contribution < -0.4 is 0 Å². The fourth-order valence-electron chi connectivity index (χ4n) is 3.99. The molecule has 5 aromatic heterocycles. The second-order valence-corrected chi connectivity index (χ2v) is 7.52. The van der Waals surface area contributed by atoms with Gasteiger partial charge in [-0.15, -0.1) is 10.2 Å². The van der Waals surface area contributed by atoms with Crippen molar-refractivity contribution >= 4 is 11.4 Å². The van der Waals surface area contributed by atoms with Gasteiger partial charge in [0.15, 0.2) is 0 Å². The molecule has 0 fully saturated rings. The Bertz CT molecular complexity index is 1460. The van der Waals surface area contributed by atoms with Crippen LogP contribution in [-0.4, -0.2) is 56.9 Å². The van der Waals surface area contributed by atoms with Crippen molar-refractivity contribution in [3.63, 3.8) is 0 Å². The molecule has 32 heavy (non-hydrogen) atoms. The van der Waals surface area contributed by atoms with E-state index in [0.29, 0.717) is 35.4 Å². The Morgan fingerprint density at radius 2 is 2.19 bits per heavy atom. The predicted molar refractivity (Wildman–Crippen MR) is 107 cm³/mol. The monoisotopic (exact) mass is 433 g/mol. The number of halogens is 1. The van der Waals surface area contributed by atoms with Crippen LogP contribution in [0, 0.1) is 5.82 Å². The molecule has 5 aromatic rings. The van der Waals surface area contributed by atoms with Crippen LogP contribution in [0.2, 0.25) is 0 Å². The van der Waals surface area contributed by atoms with E-state index in [2.05, 4.69) is 30.4 Å². The lowest BCUT2D eigenvalue weighted by Crippen LogP contribution is -2.41. The number of H-pyrrole nitrogens is 1. The van der Waals surface area contributed by atoms with Crippen LogP contribution >= 0.6 is 0 Å². The standard InChI is InChI=1S/C20H16FN9O2/c1-28-8-11(7-24-28)18-25-26-19(32-18)20(31)29-5-4-14-16(23-10-22-14)17(29)15-6-13-3-2-12(21)9-30(13)27-15/h2-3,6-10,17H,4-5H2,1H3,(H,22,23)/t17-/m0/s1. The van der Waals surface area contributed by atoms with Crippen molar-refractivity contribution in [3.8, 4) is 11.5 Å². The molecule has 1 amide bonds. The smallest absolute Gasteiger partial charge is 0.312 e. The molecule has 0 radical (unpaired) electrons. The molecular formula is C20H16FN9O2. The Morgan fingerprint density at radius 3 is 3.03 bits per heavy atom. The van der Waals surface area contributed by atoms with Crippen LogP contribution in [0.25, 0.3) is 17.0 Å². The molecule has 1 aliphatic rings. The van der Waals surface area contributed by atoms with Gasteiger partial charge >= 0.3 is 11.8 Å². The number of rotatable bonds is 3. The summed E-state index contributed by atoms with van der Waals surface area (Å²) in [6, 6.07) is 4.21. The zero-order valence-corrected chi connectivity index (χ0v) is 16.8. The van der Waals surface area contributed by atoms with Gasteiger partial charge in [0.25, 0.3) is 5.89 Å². The Labute approximate surface area is 179 Å². The Hall–Kier alpha value is -4.35. The molecular weight excluding hydrogens is 417 g/mol. The largest absolute Gasteiger partial charge is 0.412 e. The van der Waals surface area contributed by atoms with Gasteiger partial charge in [0.1, 0.15) is 11.9 Å². The number of carbonyl (C=O) groups is 1. The fourth-order valence-corrected chi connectivity index (χ4v) is 3.99. The van der Waals surface area contributed by atoms with Gasteiger partial charge in [0.2, 0.25) is 0 Å². The van der Waals surface area contributed by atoms with Crippen molar-refractivity contribution in [1.29, 1.82) is 0 Å². The maximum atomic E-state index is 13.7. The number of amides is 1. The first-order valence-corrected chi connectivity index (χ1v) is 9.87. The first-order chi connectivity index (χ1) is 15.6. The summed E-state index contributed by atoms with van der Waals surface area (Å²) in [5.41, 5.74) is 3.48. The number of hydrogen-bond donors (Lipinski definition) is 1. The van der Waals surface area contributed by atoms with Crippen molar-refractivity contribution in [2.75, 3.05) is 6.54 Å². The normalized spacial score (nSPS) is 15.9. The predicted octanol–water partition coefficient (Wildman–Crippen LogP) is 1.77. The quantitative estimate of drug-likeness (QED) is 0.460. The second-order valence-electron chi connectivity index (χ2n) is 7.52. The van der Waals surface area contributed by atoms with Crippen molar-refractivity contribution in [1.82, 2.24) is 44.5 Å². The zero-order chi connectivity index (χ0) is 21.8. The highest BCUT2D eigenvalue weighted by atomic mass is 19.1. The summed E-state index contributed by atoms with van der Waals surface area (Å²) in [5, 5.41) is 16.5. The third-order valence-corrected chi connectivity index (χ3v) is 5.47. The molecule has 160 valence electrons. The molecule has 6 heterocycles. The minimum absolute atomic E-state index is 0.136.